The zero-order valence-corrected chi connectivity index (χ0v) is 8.71. The summed E-state index contributed by atoms with van der Waals surface area (Å²) >= 11 is 0. The van der Waals surface area contributed by atoms with Crippen molar-refractivity contribution in [2.45, 2.75) is 5.91 Å². The lowest BCUT2D eigenvalue weighted by Gasteiger charge is -2.12. The van der Waals surface area contributed by atoms with Crippen molar-refractivity contribution in [2.24, 2.45) is 5.73 Å². The molecule has 4 nitrogen and oxygen atoms in total. The second-order valence-electron chi connectivity index (χ2n) is 2.23. The summed E-state index contributed by atoms with van der Waals surface area (Å²) in [5.41, 5.74) is 5.30. The predicted octanol–water partition coefficient (Wildman–Crippen LogP) is -1.76. The molecule has 0 heterocycles. The molecule has 0 aromatic heterocycles. The molecule has 0 fully saturated rings. The van der Waals surface area contributed by atoms with Gasteiger partial charge in [-0.15, -0.1) is 0 Å². The summed E-state index contributed by atoms with van der Waals surface area (Å²) in [6.45, 7) is 1.58. The van der Waals surface area contributed by atoms with E-state index >= 15 is 0 Å². The molecule has 11 heavy (non-hydrogen) atoms. The van der Waals surface area contributed by atoms with E-state index in [0.717, 1.165) is 12.7 Å². The number of nitrogens with one attached hydrogen (secondary N) is 1. The van der Waals surface area contributed by atoms with Crippen molar-refractivity contribution in [1.29, 1.82) is 0 Å². The molecule has 0 amide bonds. The molecule has 0 atom stereocenters. The third-order valence-corrected chi connectivity index (χ3v) is 3.18. The van der Waals surface area contributed by atoms with E-state index in [2.05, 4.69) is 5.32 Å². The van der Waals surface area contributed by atoms with E-state index in [-0.39, 0.29) is 15.4 Å². The molecule has 3 N–H and O–H groups in total. The summed E-state index contributed by atoms with van der Waals surface area (Å²) in [6.07, 6.45) is 1.02. The molecule has 0 aliphatic rings. The summed E-state index contributed by atoms with van der Waals surface area (Å²) in [4.78, 5) is 0. The molecule has 0 radical (unpaired) electrons. The van der Waals surface area contributed by atoms with Crippen LogP contribution in [0.25, 0.3) is 0 Å². The summed E-state index contributed by atoms with van der Waals surface area (Å²) < 4.78 is 10.1. The highest BCUT2D eigenvalue weighted by Crippen LogP contribution is 1.85. The third kappa shape index (κ3) is 6.45. The highest BCUT2D eigenvalue weighted by molar-refractivity contribution is 6.36. The van der Waals surface area contributed by atoms with Gasteiger partial charge in [-0.2, -0.15) is 0 Å². The number of hydrogen-bond donors (Lipinski definition) is 2. The number of ether oxygens (including phenoxy) is 2. The molecular weight excluding hydrogens is 160 g/mol. The smallest absolute Gasteiger partial charge is 0.135 e. The van der Waals surface area contributed by atoms with Crippen LogP contribution in [0.5, 0.6) is 0 Å². The summed E-state index contributed by atoms with van der Waals surface area (Å²) in [6, 6.07) is 0. The fourth-order valence-corrected chi connectivity index (χ4v) is 1.94. The van der Waals surface area contributed by atoms with Gasteiger partial charge in [-0.3, -0.25) is 0 Å². The van der Waals surface area contributed by atoms with Crippen LogP contribution >= 0.6 is 0 Å². The van der Waals surface area contributed by atoms with Gasteiger partial charge in [0.15, 0.2) is 0 Å². The molecule has 0 saturated carbocycles. The van der Waals surface area contributed by atoms with Crippen LogP contribution in [-0.2, 0) is 9.47 Å². The van der Waals surface area contributed by atoms with Crippen molar-refractivity contribution in [1.82, 2.24) is 5.32 Å². The molecule has 0 aliphatic heterocycles. The van der Waals surface area contributed by atoms with Crippen LogP contribution in [0.15, 0.2) is 0 Å². The first-order valence-electron chi connectivity index (χ1n) is 3.81. The van der Waals surface area contributed by atoms with Gasteiger partial charge in [-0.05, 0) is 6.17 Å². The molecule has 0 aromatic carbocycles. The SMILES string of the molecule is COC(OC)[SiH2]CNCCN. The van der Waals surface area contributed by atoms with Gasteiger partial charge in [-0.25, -0.2) is 0 Å². The van der Waals surface area contributed by atoms with E-state index in [1.807, 2.05) is 0 Å². The van der Waals surface area contributed by atoms with Crippen LogP contribution < -0.4 is 11.1 Å². The van der Waals surface area contributed by atoms with E-state index in [9.17, 15) is 0 Å². The average Bonchev–Trinajstić information content (AvgIpc) is 2.05. The Hall–Kier alpha value is 0.0569. The standard InChI is InChI=1S/C6H18N2O2Si/c1-9-6(10-2)11-5-8-4-3-7/h6,8H,3-5,7,11H2,1-2H3. The molecule has 5 heteroatoms. The summed E-state index contributed by atoms with van der Waals surface area (Å²) in [5, 5.41) is 3.21. The van der Waals surface area contributed by atoms with Crippen LogP contribution in [0.4, 0.5) is 0 Å². The molecule has 68 valence electrons. The van der Waals surface area contributed by atoms with Gasteiger partial charge in [0.25, 0.3) is 0 Å². The van der Waals surface area contributed by atoms with Crippen molar-refractivity contribution in [2.75, 3.05) is 33.5 Å². The Labute approximate surface area is 70.3 Å². The van der Waals surface area contributed by atoms with Gasteiger partial charge in [0.2, 0.25) is 0 Å². The zero-order valence-electron chi connectivity index (χ0n) is 7.30. The molecule has 0 bridgehead atoms. The van der Waals surface area contributed by atoms with E-state index in [0.29, 0.717) is 6.54 Å². The molecule has 0 spiro atoms. The lowest BCUT2D eigenvalue weighted by atomic mass is 10.7. The normalized spacial score (nSPS) is 12.0. The predicted molar refractivity (Wildman–Crippen MR) is 48.3 cm³/mol. The lowest BCUT2D eigenvalue weighted by Crippen LogP contribution is -2.33. The zero-order chi connectivity index (χ0) is 8.53. The van der Waals surface area contributed by atoms with Crippen molar-refractivity contribution in [3.8, 4) is 0 Å². The van der Waals surface area contributed by atoms with Gasteiger partial charge in [-0.1, -0.05) is 0 Å². The molecule has 0 aliphatic carbocycles. The maximum absolute atomic E-state index is 5.30. The minimum absolute atomic E-state index is 0.0419. The number of rotatable bonds is 7. The van der Waals surface area contributed by atoms with Crippen molar-refractivity contribution in [3.63, 3.8) is 0 Å². The van der Waals surface area contributed by atoms with Crippen LogP contribution in [0, 0.1) is 0 Å². The first-order chi connectivity index (χ1) is 5.35. The van der Waals surface area contributed by atoms with E-state index in [4.69, 9.17) is 15.2 Å². The fraction of sp³-hybridized carbons (Fsp3) is 1.00. The fourth-order valence-electron chi connectivity index (χ4n) is 0.779. The Bertz CT molecular complexity index is 81.0. The molecular formula is C6H18N2O2Si. The van der Waals surface area contributed by atoms with Crippen LogP contribution in [0.1, 0.15) is 0 Å². The Morgan fingerprint density at radius 1 is 1.45 bits per heavy atom. The lowest BCUT2D eigenvalue weighted by molar-refractivity contribution is -0.0441. The van der Waals surface area contributed by atoms with Crippen molar-refractivity contribution in [3.05, 3.63) is 0 Å². The van der Waals surface area contributed by atoms with E-state index < -0.39 is 0 Å². The highest BCUT2D eigenvalue weighted by atomic mass is 28.2. The second kappa shape index (κ2) is 8.16. The van der Waals surface area contributed by atoms with Gasteiger partial charge < -0.3 is 20.5 Å². The third-order valence-electron chi connectivity index (χ3n) is 1.40. The van der Waals surface area contributed by atoms with Gasteiger partial charge >= 0.3 is 0 Å². The Morgan fingerprint density at radius 2 is 2.09 bits per heavy atom. The number of nitrogens with two attached hydrogens (primary N) is 1. The van der Waals surface area contributed by atoms with Crippen LogP contribution in [-0.4, -0.2) is 48.9 Å². The van der Waals surface area contributed by atoms with Crippen molar-refractivity contribution < 1.29 is 9.47 Å². The van der Waals surface area contributed by atoms with Gasteiger partial charge in [0.1, 0.15) is 15.4 Å². The first kappa shape index (κ1) is 11.1. The molecule has 0 saturated heterocycles. The maximum atomic E-state index is 5.30. The Kier molecular flexibility index (Phi) is 8.20. The quantitative estimate of drug-likeness (QED) is 0.275. The minimum Gasteiger partial charge on any atom is -0.360 e. The van der Waals surface area contributed by atoms with Crippen LogP contribution in [0.2, 0.25) is 0 Å². The Balaban J connectivity index is 3.07. The monoisotopic (exact) mass is 178 g/mol. The molecule has 0 unspecified atom stereocenters. The van der Waals surface area contributed by atoms with Gasteiger partial charge in [0.05, 0.1) is 0 Å². The maximum Gasteiger partial charge on any atom is 0.135 e. The largest absolute Gasteiger partial charge is 0.360 e. The minimum atomic E-state index is -0.306. The Morgan fingerprint density at radius 3 is 2.55 bits per heavy atom. The molecule has 0 rings (SSSR count). The van der Waals surface area contributed by atoms with Crippen molar-refractivity contribution >= 4 is 9.52 Å². The van der Waals surface area contributed by atoms with E-state index in [1.54, 1.807) is 14.2 Å². The number of methoxy groups -OCH3 is 2. The summed E-state index contributed by atoms with van der Waals surface area (Å²) in [5.74, 6) is 0.0419. The second-order valence-corrected chi connectivity index (χ2v) is 3.97. The van der Waals surface area contributed by atoms with E-state index in [1.165, 1.54) is 0 Å². The first-order valence-corrected chi connectivity index (χ1v) is 5.63. The average molecular weight is 178 g/mol. The summed E-state index contributed by atoms with van der Waals surface area (Å²) in [7, 11) is 3.04. The van der Waals surface area contributed by atoms with Gasteiger partial charge in [0, 0.05) is 27.3 Å². The van der Waals surface area contributed by atoms with Crippen LogP contribution in [0.3, 0.4) is 0 Å². The molecule has 0 aromatic rings. The number of hydrogen-bond acceptors (Lipinski definition) is 4. The highest BCUT2D eigenvalue weighted by Gasteiger charge is 2.03. The topological polar surface area (TPSA) is 56.5 Å².